The van der Waals surface area contributed by atoms with Gasteiger partial charge in [0.1, 0.15) is 5.52 Å². The van der Waals surface area contributed by atoms with E-state index in [1.165, 1.54) is 0 Å². The van der Waals surface area contributed by atoms with Gasteiger partial charge < -0.3 is 20.4 Å². The average molecular weight is 262 g/mol. The van der Waals surface area contributed by atoms with Crippen LogP contribution >= 0.6 is 0 Å². The van der Waals surface area contributed by atoms with Crippen molar-refractivity contribution < 1.29 is 4.74 Å². The van der Waals surface area contributed by atoms with Crippen LogP contribution in [0.1, 0.15) is 13.3 Å². The lowest BCUT2D eigenvalue weighted by molar-refractivity contribution is 0.108. The molecule has 3 N–H and O–H groups in total. The predicted octanol–water partition coefficient (Wildman–Crippen LogP) is 1.23. The van der Waals surface area contributed by atoms with Crippen molar-refractivity contribution in [1.29, 1.82) is 0 Å². The van der Waals surface area contributed by atoms with Crippen molar-refractivity contribution in [2.75, 3.05) is 30.8 Å². The third-order valence-corrected chi connectivity index (χ3v) is 3.57. The van der Waals surface area contributed by atoms with Crippen LogP contribution in [0.2, 0.25) is 0 Å². The van der Waals surface area contributed by atoms with Crippen LogP contribution in [0.15, 0.2) is 6.33 Å². The first-order valence-electron chi connectivity index (χ1n) is 6.52. The quantitative estimate of drug-likeness (QED) is 0.768. The molecule has 0 spiro atoms. The van der Waals surface area contributed by atoms with Crippen molar-refractivity contribution in [3.05, 3.63) is 6.33 Å². The molecule has 0 radical (unpaired) electrons. The van der Waals surface area contributed by atoms with Crippen LogP contribution in [0.5, 0.6) is 0 Å². The van der Waals surface area contributed by atoms with E-state index in [-0.39, 0.29) is 0 Å². The molecule has 1 saturated heterocycles. The summed E-state index contributed by atoms with van der Waals surface area (Å²) < 4.78 is 5.57. The molecule has 0 saturated carbocycles. The number of hydrogen-bond donors (Lipinski definition) is 3. The van der Waals surface area contributed by atoms with Gasteiger partial charge in [0.15, 0.2) is 11.5 Å². The van der Waals surface area contributed by atoms with Crippen molar-refractivity contribution >= 4 is 22.9 Å². The minimum atomic E-state index is 0.301. The Morgan fingerprint density at radius 3 is 3.11 bits per heavy atom. The van der Waals surface area contributed by atoms with Crippen molar-refractivity contribution in [3.8, 4) is 0 Å². The molecule has 0 bridgehead atoms. The van der Waals surface area contributed by atoms with Crippen molar-refractivity contribution in [2.45, 2.75) is 19.4 Å². The molecule has 3 heterocycles. The fourth-order valence-corrected chi connectivity index (χ4v) is 2.34. The summed E-state index contributed by atoms with van der Waals surface area (Å²) in [6, 6.07) is 0. The van der Waals surface area contributed by atoms with E-state index in [9.17, 15) is 0 Å². The number of ether oxygens (including phenoxy) is 1. The maximum Gasteiger partial charge on any atom is 0.226 e. The van der Waals surface area contributed by atoms with E-state index >= 15 is 0 Å². The fourth-order valence-electron chi connectivity index (χ4n) is 2.34. The van der Waals surface area contributed by atoms with Crippen LogP contribution in [-0.2, 0) is 4.74 Å². The Morgan fingerprint density at radius 1 is 1.47 bits per heavy atom. The monoisotopic (exact) mass is 262 g/mol. The molecule has 0 aliphatic carbocycles. The van der Waals surface area contributed by atoms with E-state index in [1.54, 1.807) is 13.4 Å². The average Bonchev–Trinajstić information content (AvgIpc) is 3.04. The van der Waals surface area contributed by atoms with Crippen LogP contribution in [-0.4, -0.2) is 46.2 Å². The SMILES string of the molecule is CNc1nc(NCC2CCOC2C)c2[nH]cnc2n1. The highest BCUT2D eigenvalue weighted by atomic mass is 16.5. The van der Waals surface area contributed by atoms with Gasteiger partial charge in [0.25, 0.3) is 0 Å². The van der Waals surface area contributed by atoms with Gasteiger partial charge in [-0.2, -0.15) is 9.97 Å². The zero-order valence-corrected chi connectivity index (χ0v) is 11.1. The number of nitrogens with zero attached hydrogens (tertiary/aromatic N) is 3. The molecule has 7 nitrogen and oxygen atoms in total. The Labute approximate surface area is 111 Å². The van der Waals surface area contributed by atoms with Gasteiger partial charge in [0.2, 0.25) is 5.95 Å². The topological polar surface area (TPSA) is 87.8 Å². The fraction of sp³-hybridized carbons (Fsp3) is 0.583. The Hall–Kier alpha value is -1.89. The summed E-state index contributed by atoms with van der Waals surface area (Å²) in [4.78, 5) is 16.0. The van der Waals surface area contributed by atoms with Crippen LogP contribution < -0.4 is 10.6 Å². The van der Waals surface area contributed by atoms with Crippen molar-refractivity contribution in [2.24, 2.45) is 5.92 Å². The lowest BCUT2D eigenvalue weighted by Gasteiger charge is -2.15. The third kappa shape index (κ3) is 2.33. The van der Waals surface area contributed by atoms with E-state index in [0.29, 0.717) is 23.6 Å². The van der Waals surface area contributed by atoms with Gasteiger partial charge in [-0.3, -0.25) is 0 Å². The second-order valence-electron chi connectivity index (χ2n) is 4.75. The van der Waals surface area contributed by atoms with Gasteiger partial charge in [-0.15, -0.1) is 0 Å². The number of H-pyrrole nitrogens is 1. The highest BCUT2D eigenvalue weighted by Gasteiger charge is 2.24. The second-order valence-corrected chi connectivity index (χ2v) is 4.75. The van der Waals surface area contributed by atoms with Crippen LogP contribution in [0.25, 0.3) is 11.2 Å². The number of rotatable bonds is 4. The molecule has 1 fully saturated rings. The van der Waals surface area contributed by atoms with Crippen LogP contribution in [0, 0.1) is 5.92 Å². The molecule has 102 valence electrons. The number of aromatic amines is 1. The number of anilines is 2. The number of hydrogen-bond acceptors (Lipinski definition) is 6. The van der Waals surface area contributed by atoms with Gasteiger partial charge in [-0.25, -0.2) is 4.98 Å². The molecule has 2 unspecified atom stereocenters. The van der Waals surface area contributed by atoms with Gasteiger partial charge in [-0.05, 0) is 13.3 Å². The standard InChI is InChI=1S/C12H18N6O/c1-7-8(3-4-19-7)5-14-10-9-11(16-6-15-9)18-12(13-2)17-10/h6-8H,3-5H2,1-2H3,(H3,13,14,15,16,17,18). The third-order valence-electron chi connectivity index (χ3n) is 3.57. The van der Waals surface area contributed by atoms with Crippen LogP contribution in [0.4, 0.5) is 11.8 Å². The first-order chi connectivity index (χ1) is 9.28. The Morgan fingerprint density at radius 2 is 2.37 bits per heavy atom. The summed E-state index contributed by atoms with van der Waals surface area (Å²) in [6.45, 7) is 3.80. The number of imidazole rings is 1. The molecule has 2 atom stereocenters. The lowest BCUT2D eigenvalue weighted by atomic mass is 10.0. The highest BCUT2D eigenvalue weighted by Crippen LogP contribution is 2.23. The molecular formula is C12H18N6O. The summed E-state index contributed by atoms with van der Waals surface area (Å²) in [5.74, 6) is 1.87. The van der Waals surface area contributed by atoms with Gasteiger partial charge in [0, 0.05) is 26.1 Å². The minimum Gasteiger partial charge on any atom is -0.378 e. The van der Waals surface area contributed by atoms with Crippen molar-refractivity contribution in [3.63, 3.8) is 0 Å². The maximum absolute atomic E-state index is 5.57. The number of fused-ring (bicyclic) bond motifs is 1. The molecule has 0 amide bonds. The van der Waals surface area contributed by atoms with Gasteiger partial charge in [-0.1, -0.05) is 0 Å². The van der Waals surface area contributed by atoms with Crippen LogP contribution in [0.3, 0.4) is 0 Å². The molecule has 2 aromatic rings. The Balaban J connectivity index is 1.81. The summed E-state index contributed by atoms with van der Waals surface area (Å²) >= 11 is 0. The normalized spacial score (nSPS) is 22.8. The highest BCUT2D eigenvalue weighted by molar-refractivity contribution is 5.83. The minimum absolute atomic E-state index is 0.301. The zero-order valence-electron chi connectivity index (χ0n) is 11.1. The molecule has 1 aliphatic rings. The molecular weight excluding hydrogens is 244 g/mol. The van der Waals surface area contributed by atoms with Crippen molar-refractivity contribution in [1.82, 2.24) is 19.9 Å². The first kappa shape index (κ1) is 12.2. The number of nitrogens with one attached hydrogen (secondary N) is 3. The summed E-state index contributed by atoms with van der Waals surface area (Å²) in [5, 5.41) is 6.32. The second kappa shape index (κ2) is 5.00. The van der Waals surface area contributed by atoms with Gasteiger partial charge in [0.05, 0.1) is 12.4 Å². The molecule has 2 aromatic heterocycles. The lowest BCUT2D eigenvalue weighted by Crippen LogP contribution is -2.21. The molecule has 3 rings (SSSR count). The van der Waals surface area contributed by atoms with E-state index in [1.807, 2.05) is 0 Å². The summed E-state index contributed by atoms with van der Waals surface area (Å²) in [7, 11) is 1.80. The molecule has 7 heteroatoms. The van der Waals surface area contributed by atoms with E-state index < -0.39 is 0 Å². The molecule has 19 heavy (non-hydrogen) atoms. The molecule has 1 aliphatic heterocycles. The van der Waals surface area contributed by atoms with E-state index in [4.69, 9.17) is 4.74 Å². The smallest absolute Gasteiger partial charge is 0.226 e. The van der Waals surface area contributed by atoms with E-state index in [0.717, 1.165) is 30.9 Å². The Kier molecular flexibility index (Phi) is 3.20. The maximum atomic E-state index is 5.57. The van der Waals surface area contributed by atoms with E-state index in [2.05, 4.69) is 37.5 Å². The first-order valence-corrected chi connectivity index (χ1v) is 6.52. The molecule has 0 aromatic carbocycles. The summed E-state index contributed by atoms with van der Waals surface area (Å²) in [5.41, 5.74) is 1.50. The summed E-state index contributed by atoms with van der Waals surface area (Å²) in [6.07, 6.45) is 3.02. The largest absolute Gasteiger partial charge is 0.378 e. The predicted molar refractivity (Wildman–Crippen MR) is 73.2 cm³/mol. The van der Waals surface area contributed by atoms with Gasteiger partial charge >= 0.3 is 0 Å². The number of aromatic nitrogens is 4. The zero-order chi connectivity index (χ0) is 13.2. The Bertz CT molecular complexity index is 568.